The van der Waals surface area contributed by atoms with Crippen molar-refractivity contribution in [2.75, 3.05) is 0 Å². The van der Waals surface area contributed by atoms with E-state index in [0.717, 1.165) is 33.6 Å². The van der Waals surface area contributed by atoms with E-state index in [1.54, 1.807) is 6.20 Å². The third-order valence-corrected chi connectivity index (χ3v) is 3.99. The Hall–Kier alpha value is -3.26. The molecule has 0 atom stereocenters. The van der Waals surface area contributed by atoms with Gasteiger partial charge in [-0.15, -0.1) is 0 Å². The van der Waals surface area contributed by atoms with Gasteiger partial charge in [-0.05, 0) is 29.3 Å². The summed E-state index contributed by atoms with van der Waals surface area (Å²) in [6, 6.07) is 28.8. The Balaban J connectivity index is 1.92. The molecule has 24 heavy (non-hydrogen) atoms. The maximum atomic E-state index is 4.74. The second-order valence-corrected chi connectivity index (χ2v) is 5.57. The Morgan fingerprint density at radius 2 is 1.21 bits per heavy atom. The summed E-state index contributed by atoms with van der Waals surface area (Å²) in [7, 11) is 0. The van der Waals surface area contributed by atoms with E-state index in [9.17, 15) is 0 Å². The molecule has 2 heterocycles. The molecule has 0 saturated carbocycles. The van der Waals surface area contributed by atoms with Gasteiger partial charge in [-0.1, -0.05) is 66.7 Å². The molecule has 0 unspecified atom stereocenters. The number of rotatable bonds is 3. The van der Waals surface area contributed by atoms with Crippen molar-refractivity contribution in [1.29, 1.82) is 0 Å². The molecule has 0 fully saturated rings. The van der Waals surface area contributed by atoms with E-state index in [4.69, 9.17) is 4.98 Å². The lowest BCUT2D eigenvalue weighted by Gasteiger charge is -2.11. The van der Waals surface area contributed by atoms with Gasteiger partial charge in [-0.2, -0.15) is 0 Å². The normalized spacial score (nSPS) is 10.5. The minimum atomic E-state index is 0.885. The highest BCUT2D eigenvalue weighted by Crippen LogP contribution is 2.32. The van der Waals surface area contributed by atoms with Crippen molar-refractivity contribution in [3.05, 3.63) is 97.3 Å². The molecular weight excluding hydrogens is 292 g/mol. The number of benzene rings is 2. The van der Waals surface area contributed by atoms with Crippen LogP contribution in [0.3, 0.4) is 0 Å². The smallest absolute Gasteiger partial charge is 0.0964 e. The molecule has 0 N–H and O–H groups in total. The SMILES string of the molecule is c1ccc(-c2cnc(-c3ccccn3)c(-c3ccccc3)c2)cc1. The Morgan fingerprint density at radius 1 is 0.542 bits per heavy atom. The Bertz CT molecular complexity index is 933. The highest BCUT2D eigenvalue weighted by molar-refractivity contribution is 5.82. The molecule has 0 aliphatic rings. The van der Waals surface area contributed by atoms with Gasteiger partial charge in [0.15, 0.2) is 0 Å². The van der Waals surface area contributed by atoms with E-state index >= 15 is 0 Å². The van der Waals surface area contributed by atoms with Crippen LogP contribution in [0.1, 0.15) is 0 Å². The molecule has 0 radical (unpaired) electrons. The van der Waals surface area contributed by atoms with Crippen molar-refractivity contribution in [3.8, 4) is 33.6 Å². The first-order chi connectivity index (χ1) is 11.9. The zero-order valence-electron chi connectivity index (χ0n) is 13.1. The lowest BCUT2D eigenvalue weighted by molar-refractivity contribution is 1.25. The number of aromatic nitrogens is 2. The van der Waals surface area contributed by atoms with Crippen molar-refractivity contribution in [2.45, 2.75) is 0 Å². The highest BCUT2D eigenvalue weighted by atomic mass is 14.8. The lowest BCUT2D eigenvalue weighted by atomic mass is 9.98. The summed E-state index contributed by atoms with van der Waals surface area (Å²) in [6.45, 7) is 0. The molecule has 0 spiro atoms. The Kier molecular flexibility index (Phi) is 3.86. The molecule has 0 amide bonds. The van der Waals surface area contributed by atoms with E-state index in [-0.39, 0.29) is 0 Å². The second kappa shape index (κ2) is 6.47. The quantitative estimate of drug-likeness (QED) is 0.501. The predicted molar refractivity (Wildman–Crippen MR) is 98.3 cm³/mol. The lowest BCUT2D eigenvalue weighted by Crippen LogP contribution is -1.93. The van der Waals surface area contributed by atoms with Crippen molar-refractivity contribution >= 4 is 0 Å². The number of hydrogen-bond acceptors (Lipinski definition) is 2. The molecule has 2 heteroatoms. The van der Waals surface area contributed by atoms with Crippen molar-refractivity contribution in [3.63, 3.8) is 0 Å². The van der Waals surface area contributed by atoms with Crippen LogP contribution in [-0.4, -0.2) is 9.97 Å². The summed E-state index contributed by atoms with van der Waals surface area (Å²) in [4.78, 5) is 9.21. The summed E-state index contributed by atoms with van der Waals surface area (Å²) in [6.07, 6.45) is 3.72. The summed E-state index contributed by atoms with van der Waals surface area (Å²) in [5.74, 6) is 0. The van der Waals surface area contributed by atoms with Crippen LogP contribution in [-0.2, 0) is 0 Å². The van der Waals surface area contributed by atoms with Gasteiger partial charge < -0.3 is 0 Å². The molecule has 4 aromatic rings. The van der Waals surface area contributed by atoms with Gasteiger partial charge in [0.05, 0.1) is 11.4 Å². The van der Waals surface area contributed by atoms with Crippen LogP contribution >= 0.6 is 0 Å². The first kappa shape index (κ1) is 14.3. The van der Waals surface area contributed by atoms with Crippen LogP contribution in [0, 0.1) is 0 Å². The largest absolute Gasteiger partial charge is 0.255 e. The monoisotopic (exact) mass is 308 g/mol. The molecule has 114 valence electrons. The Labute approximate surface area is 141 Å². The molecule has 2 nitrogen and oxygen atoms in total. The van der Waals surface area contributed by atoms with Crippen molar-refractivity contribution < 1.29 is 0 Å². The predicted octanol–water partition coefficient (Wildman–Crippen LogP) is 5.48. The fraction of sp³-hybridized carbons (Fsp3) is 0. The second-order valence-electron chi connectivity index (χ2n) is 5.57. The third kappa shape index (κ3) is 2.82. The molecule has 2 aromatic heterocycles. The van der Waals surface area contributed by atoms with E-state index in [1.165, 1.54) is 0 Å². The van der Waals surface area contributed by atoms with E-state index in [2.05, 4.69) is 35.3 Å². The fourth-order valence-corrected chi connectivity index (χ4v) is 2.80. The van der Waals surface area contributed by atoms with Gasteiger partial charge in [0.2, 0.25) is 0 Å². The standard InChI is InChI=1S/C22H16N2/c1-3-9-17(10-4-1)19-15-20(18-11-5-2-6-12-18)22(24-16-19)21-13-7-8-14-23-21/h1-16H. The molecule has 0 bridgehead atoms. The molecule has 0 aliphatic heterocycles. The van der Waals surface area contributed by atoms with Gasteiger partial charge in [-0.3, -0.25) is 9.97 Å². The minimum Gasteiger partial charge on any atom is -0.255 e. The maximum Gasteiger partial charge on any atom is 0.0964 e. The van der Waals surface area contributed by atoms with Gasteiger partial charge >= 0.3 is 0 Å². The number of nitrogens with zero attached hydrogens (tertiary/aromatic N) is 2. The topological polar surface area (TPSA) is 25.8 Å². The molecule has 2 aromatic carbocycles. The summed E-state index contributed by atoms with van der Waals surface area (Å²) in [5, 5.41) is 0. The molecule has 0 aliphatic carbocycles. The van der Waals surface area contributed by atoms with Gasteiger partial charge in [0, 0.05) is 23.5 Å². The summed E-state index contributed by atoms with van der Waals surface area (Å²) >= 11 is 0. The third-order valence-electron chi connectivity index (χ3n) is 3.99. The van der Waals surface area contributed by atoms with E-state index < -0.39 is 0 Å². The first-order valence-electron chi connectivity index (χ1n) is 7.94. The van der Waals surface area contributed by atoms with Crippen LogP contribution in [0.25, 0.3) is 33.6 Å². The zero-order valence-corrected chi connectivity index (χ0v) is 13.1. The van der Waals surface area contributed by atoms with E-state index in [0.29, 0.717) is 0 Å². The molecule has 4 rings (SSSR count). The van der Waals surface area contributed by atoms with Gasteiger partial charge in [0.25, 0.3) is 0 Å². The van der Waals surface area contributed by atoms with Crippen LogP contribution in [0.5, 0.6) is 0 Å². The Morgan fingerprint density at radius 3 is 1.88 bits per heavy atom. The fourth-order valence-electron chi connectivity index (χ4n) is 2.80. The van der Waals surface area contributed by atoms with Crippen molar-refractivity contribution in [2.24, 2.45) is 0 Å². The summed E-state index contributed by atoms with van der Waals surface area (Å²) < 4.78 is 0. The van der Waals surface area contributed by atoms with Gasteiger partial charge in [0.1, 0.15) is 0 Å². The number of pyridine rings is 2. The van der Waals surface area contributed by atoms with Crippen LogP contribution in [0.15, 0.2) is 97.3 Å². The zero-order chi connectivity index (χ0) is 16.2. The average molecular weight is 308 g/mol. The van der Waals surface area contributed by atoms with Crippen LogP contribution < -0.4 is 0 Å². The summed E-state index contributed by atoms with van der Waals surface area (Å²) in [5.41, 5.74) is 6.29. The van der Waals surface area contributed by atoms with Crippen LogP contribution in [0.4, 0.5) is 0 Å². The van der Waals surface area contributed by atoms with Crippen molar-refractivity contribution in [1.82, 2.24) is 9.97 Å². The average Bonchev–Trinajstić information content (AvgIpc) is 2.69. The maximum absolute atomic E-state index is 4.74. The first-order valence-corrected chi connectivity index (χ1v) is 7.94. The molecular formula is C22H16N2. The highest BCUT2D eigenvalue weighted by Gasteiger charge is 2.11. The van der Waals surface area contributed by atoms with E-state index in [1.807, 2.05) is 60.8 Å². The van der Waals surface area contributed by atoms with Gasteiger partial charge in [-0.25, -0.2) is 0 Å². The van der Waals surface area contributed by atoms with Crippen LogP contribution in [0.2, 0.25) is 0 Å². The number of hydrogen-bond donors (Lipinski definition) is 0. The molecule has 0 saturated heterocycles. The minimum absolute atomic E-state index is 0.885.